The van der Waals surface area contributed by atoms with Crippen molar-refractivity contribution in [3.8, 4) is 0 Å². The quantitative estimate of drug-likeness (QED) is 0.656. The fourth-order valence-electron chi connectivity index (χ4n) is 1.97. The number of aryl methyl sites for hydroxylation is 1. The number of H-pyrrole nitrogens is 3. The minimum Gasteiger partial charge on any atom is -0.338 e. The highest BCUT2D eigenvalue weighted by Crippen LogP contribution is 2.04. The van der Waals surface area contributed by atoms with Crippen molar-refractivity contribution in [2.45, 2.75) is 26.3 Å². The number of nitrogens with zero attached hydrogens (tertiary/aromatic N) is 3. The van der Waals surface area contributed by atoms with Crippen LogP contribution in [0.2, 0.25) is 0 Å². The highest BCUT2D eigenvalue weighted by atomic mass is 16.2. The predicted molar refractivity (Wildman–Crippen MR) is 73.6 cm³/mol. The molecule has 0 aliphatic carbocycles. The smallest absolute Gasteiger partial charge is 0.325 e. The molecule has 0 aromatic carbocycles. The van der Waals surface area contributed by atoms with Crippen molar-refractivity contribution in [1.29, 1.82) is 0 Å². The van der Waals surface area contributed by atoms with E-state index in [1.54, 1.807) is 14.0 Å². The lowest BCUT2D eigenvalue weighted by Crippen LogP contribution is -2.30. The predicted octanol–water partition coefficient (Wildman–Crippen LogP) is -0.919. The maximum Gasteiger partial charge on any atom is 0.325 e. The zero-order valence-electron chi connectivity index (χ0n) is 11.8. The van der Waals surface area contributed by atoms with Crippen LogP contribution in [0.3, 0.4) is 0 Å². The highest BCUT2D eigenvalue weighted by Gasteiger charge is 2.13. The largest absolute Gasteiger partial charge is 0.338 e. The van der Waals surface area contributed by atoms with E-state index in [1.807, 2.05) is 0 Å². The molecule has 1 amide bonds. The molecule has 9 nitrogen and oxygen atoms in total. The SMILES string of the molecule is Cc1[nH]c(=O)[nH]c(=O)c1CCC(=O)N(C)Cc1ncn[nH]1. The molecule has 9 heteroatoms. The summed E-state index contributed by atoms with van der Waals surface area (Å²) < 4.78 is 0. The first-order chi connectivity index (χ1) is 9.97. The van der Waals surface area contributed by atoms with E-state index in [4.69, 9.17) is 0 Å². The molecular weight excluding hydrogens is 276 g/mol. The van der Waals surface area contributed by atoms with Crippen molar-refractivity contribution in [3.05, 3.63) is 44.2 Å². The second kappa shape index (κ2) is 6.16. The van der Waals surface area contributed by atoms with Crippen LogP contribution in [0.4, 0.5) is 0 Å². The lowest BCUT2D eigenvalue weighted by atomic mass is 10.1. The van der Waals surface area contributed by atoms with Crippen molar-refractivity contribution in [2.24, 2.45) is 0 Å². The number of amides is 1. The third-order valence-electron chi connectivity index (χ3n) is 3.12. The Kier molecular flexibility index (Phi) is 4.31. The molecule has 0 saturated heterocycles. The van der Waals surface area contributed by atoms with E-state index in [-0.39, 0.29) is 18.7 Å². The van der Waals surface area contributed by atoms with Gasteiger partial charge >= 0.3 is 5.69 Å². The molecule has 0 unspecified atom stereocenters. The van der Waals surface area contributed by atoms with E-state index in [2.05, 4.69) is 25.1 Å². The van der Waals surface area contributed by atoms with Crippen LogP contribution in [-0.4, -0.2) is 43.0 Å². The Morgan fingerprint density at radius 2 is 2.10 bits per heavy atom. The summed E-state index contributed by atoms with van der Waals surface area (Å²) >= 11 is 0. The van der Waals surface area contributed by atoms with E-state index >= 15 is 0 Å². The van der Waals surface area contributed by atoms with E-state index in [0.29, 0.717) is 23.6 Å². The summed E-state index contributed by atoms with van der Waals surface area (Å²) in [7, 11) is 1.65. The first-order valence-corrected chi connectivity index (χ1v) is 6.37. The van der Waals surface area contributed by atoms with Crippen LogP contribution in [0.15, 0.2) is 15.9 Å². The van der Waals surface area contributed by atoms with Crippen LogP contribution in [0, 0.1) is 6.92 Å². The highest BCUT2D eigenvalue weighted by molar-refractivity contribution is 5.76. The molecule has 2 aromatic heterocycles. The van der Waals surface area contributed by atoms with Crippen molar-refractivity contribution >= 4 is 5.91 Å². The van der Waals surface area contributed by atoms with Crippen molar-refractivity contribution in [3.63, 3.8) is 0 Å². The van der Waals surface area contributed by atoms with Crippen molar-refractivity contribution in [2.75, 3.05) is 7.05 Å². The third-order valence-corrected chi connectivity index (χ3v) is 3.12. The van der Waals surface area contributed by atoms with Gasteiger partial charge in [0.1, 0.15) is 12.2 Å². The molecule has 2 rings (SSSR count). The molecule has 3 N–H and O–H groups in total. The summed E-state index contributed by atoms with van der Waals surface area (Å²) in [5, 5.41) is 6.38. The van der Waals surface area contributed by atoms with Crippen LogP contribution in [-0.2, 0) is 17.8 Å². The van der Waals surface area contributed by atoms with Crippen LogP contribution in [0.25, 0.3) is 0 Å². The molecule has 0 saturated carbocycles. The molecule has 2 aromatic rings. The van der Waals surface area contributed by atoms with Crippen LogP contribution in [0.1, 0.15) is 23.5 Å². The van der Waals surface area contributed by atoms with Crippen molar-refractivity contribution in [1.82, 2.24) is 30.0 Å². The zero-order chi connectivity index (χ0) is 15.4. The molecule has 0 bridgehead atoms. The molecule has 2 heterocycles. The van der Waals surface area contributed by atoms with Gasteiger partial charge in [0.15, 0.2) is 0 Å². The van der Waals surface area contributed by atoms with E-state index in [0.717, 1.165) is 0 Å². The average molecular weight is 292 g/mol. The first-order valence-electron chi connectivity index (χ1n) is 6.37. The topological polar surface area (TPSA) is 128 Å². The number of hydrogen-bond acceptors (Lipinski definition) is 5. The molecule has 0 aliphatic rings. The second-order valence-corrected chi connectivity index (χ2v) is 4.69. The number of nitrogens with one attached hydrogen (secondary N) is 3. The number of hydrogen-bond donors (Lipinski definition) is 3. The van der Waals surface area contributed by atoms with Gasteiger partial charge in [0.2, 0.25) is 5.91 Å². The Labute approximate surface area is 119 Å². The summed E-state index contributed by atoms with van der Waals surface area (Å²) in [6.07, 6.45) is 1.80. The minimum absolute atomic E-state index is 0.128. The summed E-state index contributed by atoms with van der Waals surface area (Å²) in [6, 6.07) is 0. The third kappa shape index (κ3) is 3.65. The van der Waals surface area contributed by atoms with Gasteiger partial charge in [0, 0.05) is 24.7 Å². The van der Waals surface area contributed by atoms with Gasteiger partial charge in [-0.15, -0.1) is 0 Å². The molecular formula is C12H16N6O3. The normalized spacial score (nSPS) is 10.6. The molecule has 0 fully saturated rings. The van der Waals surface area contributed by atoms with Crippen LogP contribution in [0.5, 0.6) is 0 Å². The fourth-order valence-corrected chi connectivity index (χ4v) is 1.97. The lowest BCUT2D eigenvalue weighted by Gasteiger charge is -2.15. The zero-order valence-corrected chi connectivity index (χ0v) is 11.8. The van der Waals surface area contributed by atoms with Gasteiger partial charge in [0.25, 0.3) is 5.56 Å². The van der Waals surface area contributed by atoms with Crippen LogP contribution < -0.4 is 11.2 Å². The molecule has 0 radical (unpaired) electrons. The molecule has 112 valence electrons. The minimum atomic E-state index is -0.546. The number of carbonyl (C=O) groups is 1. The van der Waals surface area contributed by atoms with Crippen molar-refractivity contribution < 1.29 is 4.79 Å². The number of rotatable bonds is 5. The van der Waals surface area contributed by atoms with Gasteiger partial charge in [-0.1, -0.05) is 0 Å². The van der Waals surface area contributed by atoms with Gasteiger partial charge in [-0.2, -0.15) is 5.10 Å². The first kappa shape index (κ1) is 14.7. The van der Waals surface area contributed by atoms with E-state index in [9.17, 15) is 14.4 Å². The number of aromatic amines is 3. The molecule has 21 heavy (non-hydrogen) atoms. The Hall–Kier alpha value is -2.71. The number of carbonyl (C=O) groups excluding carboxylic acids is 1. The van der Waals surface area contributed by atoms with Gasteiger partial charge in [-0.05, 0) is 13.3 Å². The van der Waals surface area contributed by atoms with Gasteiger partial charge < -0.3 is 9.88 Å². The fraction of sp³-hybridized carbons (Fsp3) is 0.417. The summed E-state index contributed by atoms with van der Waals surface area (Å²) in [5.74, 6) is 0.459. The lowest BCUT2D eigenvalue weighted by molar-refractivity contribution is -0.130. The Morgan fingerprint density at radius 1 is 1.33 bits per heavy atom. The summed E-state index contributed by atoms with van der Waals surface area (Å²) in [5.41, 5.74) is -0.109. The maximum atomic E-state index is 12.0. The summed E-state index contributed by atoms with van der Waals surface area (Å²) in [6.45, 7) is 1.95. The van der Waals surface area contributed by atoms with E-state index < -0.39 is 11.2 Å². The molecule has 0 spiro atoms. The Morgan fingerprint density at radius 3 is 2.71 bits per heavy atom. The monoisotopic (exact) mass is 292 g/mol. The summed E-state index contributed by atoms with van der Waals surface area (Å²) in [4.78, 5) is 44.9. The Bertz CT molecular complexity index is 730. The second-order valence-electron chi connectivity index (χ2n) is 4.69. The molecule has 0 atom stereocenters. The Balaban J connectivity index is 1.98. The average Bonchev–Trinajstić information content (AvgIpc) is 2.89. The van der Waals surface area contributed by atoms with Gasteiger partial charge in [0.05, 0.1) is 6.54 Å². The maximum absolute atomic E-state index is 12.0. The molecule has 0 aliphatic heterocycles. The number of aromatic nitrogens is 5. The van der Waals surface area contributed by atoms with Crippen LogP contribution >= 0.6 is 0 Å². The van der Waals surface area contributed by atoms with E-state index in [1.165, 1.54) is 11.2 Å². The van der Waals surface area contributed by atoms with Gasteiger partial charge in [-0.3, -0.25) is 19.7 Å². The van der Waals surface area contributed by atoms with Gasteiger partial charge in [-0.25, -0.2) is 9.78 Å². The standard InChI is InChI=1S/C12H16N6O3/c1-7-8(11(20)16-12(21)15-7)3-4-10(19)18(2)5-9-13-6-14-17-9/h6H,3-5H2,1-2H3,(H,13,14,17)(H2,15,16,20,21).